The summed E-state index contributed by atoms with van der Waals surface area (Å²) in [6.07, 6.45) is 8.09. The highest BCUT2D eigenvalue weighted by atomic mass is 16.2. The van der Waals surface area contributed by atoms with Crippen molar-refractivity contribution >= 4 is 0 Å². The number of hydrogen-bond donors (Lipinski definition) is 1. The summed E-state index contributed by atoms with van der Waals surface area (Å²) in [5, 5.41) is 9.01. The maximum atomic E-state index is 9.01. The van der Waals surface area contributed by atoms with Crippen LogP contribution in [0, 0.1) is 11.3 Å². The monoisotopic (exact) mass is 208 g/mol. The average Bonchev–Trinajstić information content (AvgIpc) is 2.45. The standard InChI is InChI=1S/C14H24O/c1-5-12(10-15)7-9-13-8-6-11(2)14(13,3)4/h6,10,13,15H,5,7-9H2,1-4H3/b12-10+/t13-/m0/s1. The number of hydrogen-bond acceptors (Lipinski definition) is 1. The summed E-state index contributed by atoms with van der Waals surface area (Å²) in [6.45, 7) is 9.02. The van der Waals surface area contributed by atoms with Crippen LogP contribution in [-0.2, 0) is 0 Å². The fourth-order valence-electron chi connectivity index (χ4n) is 2.37. The molecule has 0 heterocycles. The molecule has 0 fully saturated rings. The van der Waals surface area contributed by atoms with Crippen LogP contribution in [0.3, 0.4) is 0 Å². The summed E-state index contributed by atoms with van der Waals surface area (Å²) < 4.78 is 0. The van der Waals surface area contributed by atoms with Crippen LogP contribution in [0.1, 0.15) is 53.4 Å². The third kappa shape index (κ3) is 2.64. The molecule has 1 rings (SSSR count). The number of aliphatic hydroxyl groups excluding tert-OH is 1. The predicted molar refractivity (Wildman–Crippen MR) is 65.9 cm³/mol. The molecule has 1 heteroatoms. The van der Waals surface area contributed by atoms with E-state index >= 15 is 0 Å². The van der Waals surface area contributed by atoms with E-state index in [1.165, 1.54) is 30.2 Å². The Labute approximate surface area is 93.9 Å². The smallest absolute Gasteiger partial charge is 0.0783 e. The molecule has 0 unspecified atom stereocenters. The normalized spacial score (nSPS) is 25.5. The lowest BCUT2D eigenvalue weighted by atomic mass is 9.75. The van der Waals surface area contributed by atoms with Crippen LogP contribution < -0.4 is 0 Å². The number of rotatable bonds is 4. The summed E-state index contributed by atoms with van der Waals surface area (Å²) in [5.41, 5.74) is 3.06. The maximum absolute atomic E-state index is 9.01. The van der Waals surface area contributed by atoms with Gasteiger partial charge >= 0.3 is 0 Å². The Balaban J connectivity index is 2.49. The van der Waals surface area contributed by atoms with E-state index in [4.69, 9.17) is 5.11 Å². The van der Waals surface area contributed by atoms with E-state index in [2.05, 4.69) is 33.8 Å². The lowest BCUT2D eigenvalue weighted by Crippen LogP contribution is -2.20. The van der Waals surface area contributed by atoms with E-state index < -0.39 is 0 Å². The molecule has 0 bridgehead atoms. The van der Waals surface area contributed by atoms with Gasteiger partial charge in [-0.25, -0.2) is 0 Å². The van der Waals surface area contributed by atoms with Gasteiger partial charge in [0.2, 0.25) is 0 Å². The summed E-state index contributed by atoms with van der Waals surface area (Å²) in [5.74, 6) is 0.749. The van der Waals surface area contributed by atoms with Gasteiger partial charge in [0.05, 0.1) is 6.26 Å². The molecule has 0 saturated carbocycles. The van der Waals surface area contributed by atoms with E-state index in [1.54, 1.807) is 0 Å². The number of allylic oxidation sites excluding steroid dienone is 3. The Kier molecular flexibility index (Phi) is 4.01. The van der Waals surface area contributed by atoms with Crippen molar-refractivity contribution < 1.29 is 5.11 Å². The van der Waals surface area contributed by atoms with Crippen LogP contribution in [0.4, 0.5) is 0 Å². The van der Waals surface area contributed by atoms with E-state index in [-0.39, 0.29) is 0 Å². The van der Waals surface area contributed by atoms with E-state index in [0.717, 1.165) is 18.8 Å². The van der Waals surface area contributed by atoms with Gasteiger partial charge in [0.1, 0.15) is 0 Å². The highest BCUT2D eigenvalue weighted by Gasteiger charge is 2.34. The molecule has 1 aliphatic rings. The van der Waals surface area contributed by atoms with Gasteiger partial charge in [0, 0.05) is 0 Å². The fourth-order valence-corrected chi connectivity index (χ4v) is 2.37. The third-order valence-electron chi connectivity index (χ3n) is 4.20. The molecule has 0 aromatic rings. The van der Waals surface area contributed by atoms with Crippen molar-refractivity contribution in [2.75, 3.05) is 0 Å². The SMILES string of the molecule is CC/C(=C\O)CC[C@@H]1CC=C(C)C1(C)C. The van der Waals surface area contributed by atoms with Gasteiger partial charge in [-0.1, -0.05) is 32.4 Å². The molecule has 0 aromatic carbocycles. The first-order valence-electron chi connectivity index (χ1n) is 6.01. The molecular formula is C14H24O. The molecule has 0 spiro atoms. The maximum Gasteiger partial charge on any atom is 0.0783 e. The lowest BCUT2D eigenvalue weighted by Gasteiger charge is -2.29. The van der Waals surface area contributed by atoms with Gasteiger partial charge < -0.3 is 5.11 Å². The molecule has 1 aliphatic carbocycles. The second-order valence-electron chi connectivity index (χ2n) is 5.22. The largest absolute Gasteiger partial charge is 0.516 e. The molecule has 0 aliphatic heterocycles. The summed E-state index contributed by atoms with van der Waals surface area (Å²) >= 11 is 0. The molecular weight excluding hydrogens is 184 g/mol. The van der Waals surface area contributed by atoms with Crippen molar-refractivity contribution in [3.8, 4) is 0 Å². The van der Waals surface area contributed by atoms with Crippen molar-refractivity contribution in [3.63, 3.8) is 0 Å². The van der Waals surface area contributed by atoms with Gasteiger partial charge in [-0.15, -0.1) is 0 Å². The first kappa shape index (κ1) is 12.4. The van der Waals surface area contributed by atoms with Crippen molar-refractivity contribution in [3.05, 3.63) is 23.5 Å². The average molecular weight is 208 g/mol. The molecule has 0 amide bonds. The third-order valence-corrected chi connectivity index (χ3v) is 4.20. The van der Waals surface area contributed by atoms with E-state index in [9.17, 15) is 0 Å². The van der Waals surface area contributed by atoms with Crippen LogP contribution in [0.15, 0.2) is 23.5 Å². The van der Waals surface area contributed by atoms with E-state index in [1.807, 2.05) is 0 Å². The van der Waals surface area contributed by atoms with Gasteiger partial charge in [-0.05, 0) is 49.5 Å². The van der Waals surface area contributed by atoms with Crippen molar-refractivity contribution in [2.24, 2.45) is 11.3 Å². The summed E-state index contributed by atoms with van der Waals surface area (Å²) in [4.78, 5) is 0. The lowest BCUT2D eigenvalue weighted by molar-refractivity contribution is 0.274. The first-order valence-corrected chi connectivity index (χ1v) is 6.01. The molecule has 1 atom stereocenters. The summed E-state index contributed by atoms with van der Waals surface area (Å²) in [6, 6.07) is 0. The molecule has 0 saturated heterocycles. The second-order valence-corrected chi connectivity index (χ2v) is 5.22. The fraction of sp³-hybridized carbons (Fsp3) is 0.714. The molecule has 0 radical (unpaired) electrons. The Morgan fingerprint density at radius 3 is 2.67 bits per heavy atom. The topological polar surface area (TPSA) is 20.2 Å². The van der Waals surface area contributed by atoms with Crippen LogP contribution in [0.2, 0.25) is 0 Å². The quantitative estimate of drug-likeness (QED) is 0.528. The Hall–Kier alpha value is -0.720. The minimum atomic E-state index is 0.355. The molecule has 15 heavy (non-hydrogen) atoms. The van der Waals surface area contributed by atoms with E-state index in [0.29, 0.717) is 5.41 Å². The van der Waals surface area contributed by atoms with Crippen LogP contribution >= 0.6 is 0 Å². The molecule has 86 valence electrons. The highest BCUT2D eigenvalue weighted by Crippen LogP contribution is 2.45. The predicted octanol–water partition coefficient (Wildman–Crippen LogP) is 4.61. The minimum absolute atomic E-state index is 0.355. The van der Waals surface area contributed by atoms with Crippen LogP contribution in [0.25, 0.3) is 0 Å². The molecule has 1 nitrogen and oxygen atoms in total. The Morgan fingerprint density at radius 2 is 2.27 bits per heavy atom. The first-order chi connectivity index (χ1) is 7.02. The van der Waals surface area contributed by atoms with Crippen LogP contribution in [-0.4, -0.2) is 5.11 Å². The Morgan fingerprint density at radius 1 is 1.60 bits per heavy atom. The van der Waals surface area contributed by atoms with Gasteiger partial charge in [0.25, 0.3) is 0 Å². The zero-order valence-corrected chi connectivity index (χ0v) is 10.5. The van der Waals surface area contributed by atoms with Crippen molar-refractivity contribution in [2.45, 2.75) is 53.4 Å². The van der Waals surface area contributed by atoms with Gasteiger partial charge in [-0.2, -0.15) is 0 Å². The minimum Gasteiger partial charge on any atom is -0.516 e. The molecule has 0 aromatic heterocycles. The second kappa shape index (κ2) is 4.87. The van der Waals surface area contributed by atoms with Crippen molar-refractivity contribution in [1.29, 1.82) is 0 Å². The highest BCUT2D eigenvalue weighted by molar-refractivity contribution is 5.18. The van der Waals surface area contributed by atoms with Crippen molar-refractivity contribution in [1.82, 2.24) is 0 Å². The van der Waals surface area contributed by atoms with Gasteiger partial charge in [0.15, 0.2) is 0 Å². The zero-order chi connectivity index (χ0) is 11.5. The summed E-state index contributed by atoms with van der Waals surface area (Å²) in [7, 11) is 0. The molecule has 1 N–H and O–H groups in total. The van der Waals surface area contributed by atoms with Crippen LogP contribution in [0.5, 0.6) is 0 Å². The van der Waals surface area contributed by atoms with Gasteiger partial charge in [-0.3, -0.25) is 0 Å². The number of aliphatic hydroxyl groups is 1. The zero-order valence-electron chi connectivity index (χ0n) is 10.5. The Bertz CT molecular complexity index is 271.